The lowest BCUT2D eigenvalue weighted by Crippen LogP contribution is -2.47. The van der Waals surface area contributed by atoms with E-state index in [1.165, 1.54) is 20.3 Å². The highest BCUT2D eigenvalue weighted by Crippen LogP contribution is 2.19. The van der Waals surface area contributed by atoms with Crippen LogP contribution in [0.1, 0.15) is 12.8 Å². The van der Waals surface area contributed by atoms with Gasteiger partial charge in [-0.2, -0.15) is 9.97 Å². The molecule has 1 aromatic heterocycles. The number of ether oxygens (including phenoxy) is 2. The number of hydrogen-bond donors (Lipinski definition) is 2. The fourth-order valence-corrected chi connectivity index (χ4v) is 1.66. The van der Waals surface area contributed by atoms with Crippen molar-refractivity contribution in [1.82, 2.24) is 15.3 Å². The second kappa shape index (κ2) is 5.51. The van der Waals surface area contributed by atoms with E-state index in [1.807, 2.05) is 0 Å². The van der Waals surface area contributed by atoms with E-state index in [4.69, 9.17) is 9.47 Å². The van der Waals surface area contributed by atoms with Crippen LogP contribution in [0.4, 0.5) is 5.95 Å². The number of anilines is 1. The molecule has 0 saturated carbocycles. The van der Waals surface area contributed by atoms with Gasteiger partial charge in [0.25, 0.3) is 0 Å². The maximum Gasteiger partial charge on any atom is 0.249 e. The van der Waals surface area contributed by atoms with Crippen LogP contribution in [-0.2, 0) is 9.59 Å². The number of amides is 2. The van der Waals surface area contributed by atoms with Crippen LogP contribution >= 0.6 is 0 Å². The van der Waals surface area contributed by atoms with E-state index in [1.54, 1.807) is 0 Å². The summed E-state index contributed by atoms with van der Waals surface area (Å²) >= 11 is 0. The third kappa shape index (κ3) is 3.09. The number of carbonyl (C=O) groups excluding carboxylic acids is 2. The highest BCUT2D eigenvalue weighted by Gasteiger charge is 2.27. The highest BCUT2D eigenvalue weighted by molar-refractivity contribution is 6.01. The predicted molar refractivity (Wildman–Crippen MR) is 64.9 cm³/mol. The van der Waals surface area contributed by atoms with Gasteiger partial charge < -0.3 is 14.8 Å². The number of methoxy groups -OCH3 is 2. The fraction of sp³-hybridized carbons (Fsp3) is 0.455. The molecule has 8 heteroatoms. The van der Waals surface area contributed by atoms with Crippen molar-refractivity contribution < 1.29 is 19.1 Å². The van der Waals surface area contributed by atoms with Crippen LogP contribution in [0.25, 0.3) is 0 Å². The Morgan fingerprint density at radius 1 is 1.26 bits per heavy atom. The summed E-state index contributed by atoms with van der Waals surface area (Å²) in [5.74, 6) is 0.197. The number of rotatable bonds is 4. The van der Waals surface area contributed by atoms with Crippen molar-refractivity contribution in [2.24, 2.45) is 0 Å². The lowest BCUT2D eigenvalue weighted by Gasteiger charge is -2.21. The van der Waals surface area contributed by atoms with Crippen molar-refractivity contribution in [3.8, 4) is 11.8 Å². The molecular formula is C11H14N4O4. The molecule has 2 rings (SSSR count). The van der Waals surface area contributed by atoms with Crippen molar-refractivity contribution in [3.05, 3.63) is 6.07 Å². The average Bonchev–Trinajstić information content (AvgIpc) is 2.41. The summed E-state index contributed by atoms with van der Waals surface area (Å²) in [6, 6.07) is 0.977. The topological polar surface area (TPSA) is 102 Å². The van der Waals surface area contributed by atoms with E-state index in [0.29, 0.717) is 18.2 Å². The Hall–Kier alpha value is -2.38. The minimum atomic E-state index is -0.547. The van der Waals surface area contributed by atoms with Crippen molar-refractivity contribution in [1.29, 1.82) is 0 Å². The lowest BCUT2D eigenvalue weighted by molar-refractivity contribution is -0.133. The van der Waals surface area contributed by atoms with Crippen LogP contribution in [-0.4, -0.2) is 42.0 Å². The van der Waals surface area contributed by atoms with Gasteiger partial charge in [-0.05, 0) is 6.42 Å². The van der Waals surface area contributed by atoms with Crippen molar-refractivity contribution in [2.75, 3.05) is 19.5 Å². The van der Waals surface area contributed by atoms with Gasteiger partial charge in [-0.1, -0.05) is 0 Å². The molecule has 1 aliphatic rings. The second-order valence-corrected chi connectivity index (χ2v) is 3.92. The standard InChI is InChI=1S/C11H14N4O4/c1-18-8-5-9(19-2)15-11(14-8)12-6-3-4-7(16)13-10(6)17/h5-6H,3-4H2,1-2H3,(H,12,14,15)(H,13,16,17). The molecule has 19 heavy (non-hydrogen) atoms. The Labute approximate surface area is 109 Å². The second-order valence-electron chi connectivity index (χ2n) is 3.92. The Morgan fingerprint density at radius 3 is 2.42 bits per heavy atom. The maximum atomic E-state index is 11.6. The van der Waals surface area contributed by atoms with Gasteiger partial charge in [-0.25, -0.2) is 0 Å². The van der Waals surface area contributed by atoms with E-state index in [2.05, 4.69) is 20.6 Å². The quantitative estimate of drug-likeness (QED) is 0.722. The maximum absolute atomic E-state index is 11.6. The largest absolute Gasteiger partial charge is 0.481 e. The summed E-state index contributed by atoms with van der Waals surface area (Å²) in [6.07, 6.45) is 0.679. The molecule has 1 saturated heterocycles. The molecule has 1 unspecified atom stereocenters. The van der Waals surface area contributed by atoms with E-state index in [-0.39, 0.29) is 24.2 Å². The molecule has 0 radical (unpaired) electrons. The highest BCUT2D eigenvalue weighted by atomic mass is 16.5. The molecule has 0 aliphatic carbocycles. The van der Waals surface area contributed by atoms with Gasteiger partial charge in [0.05, 0.1) is 20.3 Å². The van der Waals surface area contributed by atoms with Gasteiger partial charge in [-0.3, -0.25) is 14.9 Å². The molecule has 1 atom stereocenters. The third-order valence-electron chi connectivity index (χ3n) is 2.64. The lowest BCUT2D eigenvalue weighted by atomic mass is 10.1. The monoisotopic (exact) mass is 266 g/mol. The van der Waals surface area contributed by atoms with Gasteiger partial charge in [0.2, 0.25) is 29.5 Å². The van der Waals surface area contributed by atoms with Crippen LogP contribution in [0.5, 0.6) is 11.8 Å². The van der Waals surface area contributed by atoms with E-state index in [9.17, 15) is 9.59 Å². The smallest absolute Gasteiger partial charge is 0.249 e. The van der Waals surface area contributed by atoms with Crippen LogP contribution in [0.2, 0.25) is 0 Å². The third-order valence-corrected chi connectivity index (χ3v) is 2.64. The Kier molecular flexibility index (Phi) is 3.79. The molecule has 8 nitrogen and oxygen atoms in total. The molecule has 1 aromatic rings. The molecular weight excluding hydrogens is 252 g/mol. The van der Waals surface area contributed by atoms with Crippen LogP contribution in [0.15, 0.2) is 6.07 Å². The number of nitrogens with one attached hydrogen (secondary N) is 2. The first-order chi connectivity index (χ1) is 9.12. The Morgan fingerprint density at radius 2 is 1.89 bits per heavy atom. The number of carbonyl (C=O) groups is 2. The zero-order valence-corrected chi connectivity index (χ0v) is 10.6. The number of imide groups is 1. The zero-order chi connectivity index (χ0) is 13.8. The molecule has 2 heterocycles. The molecule has 0 bridgehead atoms. The summed E-state index contributed by atoms with van der Waals surface area (Å²) in [5.41, 5.74) is 0. The van der Waals surface area contributed by atoms with Crippen molar-refractivity contribution >= 4 is 17.8 Å². The summed E-state index contributed by atoms with van der Waals surface area (Å²) in [6.45, 7) is 0. The summed E-state index contributed by atoms with van der Waals surface area (Å²) in [5, 5.41) is 5.10. The minimum Gasteiger partial charge on any atom is -0.481 e. The summed E-state index contributed by atoms with van der Waals surface area (Å²) in [7, 11) is 2.94. The fourth-order valence-electron chi connectivity index (χ4n) is 1.66. The first-order valence-corrected chi connectivity index (χ1v) is 5.69. The number of hydrogen-bond acceptors (Lipinski definition) is 7. The summed E-state index contributed by atoms with van der Waals surface area (Å²) in [4.78, 5) is 30.8. The van der Waals surface area contributed by atoms with E-state index in [0.717, 1.165) is 0 Å². The minimum absolute atomic E-state index is 0.214. The normalized spacial score (nSPS) is 18.7. The number of piperidine rings is 1. The first-order valence-electron chi connectivity index (χ1n) is 5.69. The van der Waals surface area contributed by atoms with Gasteiger partial charge >= 0.3 is 0 Å². The van der Waals surface area contributed by atoms with Gasteiger partial charge in [0.15, 0.2) is 0 Å². The van der Waals surface area contributed by atoms with Crippen LogP contribution in [0.3, 0.4) is 0 Å². The van der Waals surface area contributed by atoms with Gasteiger partial charge in [0.1, 0.15) is 6.04 Å². The van der Waals surface area contributed by atoms with Crippen molar-refractivity contribution in [2.45, 2.75) is 18.9 Å². The van der Waals surface area contributed by atoms with E-state index < -0.39 is 6.04 Å². The molecule has 102 valence electrons. The average molecular weight is 266 g/mol. The Balaban J connectivity index is 2.14. The summed E-state index contributed by atoms with van der Waals surface area (Å²) < 4.78 is 10.0. The number of nitrogens with zero attached hydrogens (tertiary/aromatic N) is 2. The van der Waals surface area contributed by atoms with Crippen molar-refractivity contribution in [3.63, 3.8) is 0 Å². The first kappa shape index (κ1) is 13.1. The molecule has 2 amide bonds. The Bertz CT molecular complexity index is 483. The van der Waals surface area contributed by atoms with Crippen LogP contribution < -0.4 is 20.1 Å². The molecule has 1 fully saturated rings. The van der Waals surface area contributed by atoms with E-state index >= 15 is 0 Å². The number of aromatic nitrogens is 2. The molecule has 0 aromatic carbocycles. The SMILES string of the molecule is COc1cc(OC)nc(NC2CCC(=O)NC2=O)n1. The zero-order valence-electron chi connectivity index (χ0n) is 10.6. The predicted octanol–water partition coefficient (Wildman–Crippen LogP) is -0.289. The molecule has 2 N–H and O–H groups in total. The molecule has 1 aliphatic heterocycles. The van der Waals surface area contributed by atoms with Gasteiger partial charge in [-0.15, -0.1) is 0 Å². The van der Waals surface area contributed by atoms with Gasteiger partial charge in [0, 0.05) is 6.42 Å². The van der Waals surface area contributed by atoms with Crippen LogP contribution in [0, 0.1) is 0 Å². The molecule has 0 spiro atoms.